The third-order valence-corrected chi connectivity index (χ3v) is 3.24. The van der Waals surface area contributed by atoms with Gasteiger partial charge in [-0.3, -0.25) is 9.69 Å². The molecular weight excluding hydrogens is 264 g/mol. The van der Waals surface area contributed by atoms with E-state index in [-0.39, 0.29) is 5.97 Å². The second kappa shape index (κ2) is 9.15. The van der Waals surface area contributed by atoms with Gasteiger partial charge in [0.1, 0.15) is 0 Å². The summed E-state index contributed by atoms with van der Waals surface area (Å²) < 4.78 is 4.75. The SMILES string of the molecule is COC(=O)Cc1ccccc1CN(CCC#N)CC(C)C. The molecule has 0 N–H and O–H groups in total. The summed E-state index contributed by atoms with van der Waals surface area (Å²) in [5.41, 5.74) is 2.12. The van der Waals surface area contributed by atoms with Gasteiger partial charge in [0.2, 0.25) is 0 Å². The molecule has 0 fully saturated rings. The molecule has 0 saturated carbocycles. The zero-order valence-electron chi connectivity index (χ0n) is 13.1. The summed E-state index contributed by atoms with van der Waals surface area (Å²) >= 11 is 0. The lowest BCUT2D eigenvalue weighted by atomic mass is 10.0. The fourth-order valence-electron chi connectivity index (χ4n) is 2.31. The van der Waals surface area contributed by atoms with E-state index in [0.717, 1.165) is 30.8 Å². The smallest absolute Gasteiger partial charge is 0.309 e. The van der Waals surface area contributed by atoms with E-state index in [1.807, 2.05) is 24.3 Å². The van der Waals surface area contributed by atoms with Crippen molar-refractivity contribution in [3.63, 3.8) is 0 Å². The molecule has 0 amide bonds. The van der Waals surface area contributed by atoms with Crippen molar-refractivity contribution in [2.45, 2.75) is 33.2 Å². The van der Waals surface area contributed by atoms with Gasteiger partial charge in [-0.1, -0.05) is 38.1 Å². The lowest BCUT2D eigenvalue weighted by molar-refractivity contribution is -0.139. The van der Waals surface area contributed by atoms with E-state index in [4.69, 9.17) is 10.00 Å². The zero-order chi connectivity index (χ0) is 15.7. The van der Waals surface area contributed by atoms with E-state index in [9.17, 15) is 4.79 Å². The number of hydrogen-bond donors (Lipinski definition) is 0. The number of nitriles is 1. The van der Waals surface area contributed by atoms with Crippen molar-refractivity contribution < 1.29 is 9.53 Å². The number of methoxy groups -OCH3 is 1. The van der Waals surface area contributed by atoms with Crippen LogP contribution in [0.2, 0.25) is 0 Å². The van der Waals surface area contributed by atoms with Crippen LogP contribution < -0.4 is 0 Å². The molecule has 0 saturated heterocycles. The molecule has 4 heteroatoms. The Kier molecular flexibility index (Phi) is 7.49. The maximum Gasteiger partial charge on any atom is 0.309 e. The summed E-state index contributed by atoms with van der Waals surface area (Å²) in [6.07, 6.45) is 0.812. The van der Waals surface area contributed by atoms with Crippen molar-refractivity contribution in [1.29, 1.82) is 5.26 Å². The summed E-state index contributed by atoms with van der Waals surface area (Å²) in [4.78, 5) is 13.8. The third-order valence-electron chi connectivity index (χ3n) is 3.24. The van der Waals surface area contributed by atoms with Crippen LogP contribution in [0.4, 0.5) is 0 Å². The minimum atomic E-state index is -0.227. The predicted octanol–water partition coefficient (Wildman–Crippen LogP) is 2.77. The molecule has 0 aliphatic rings. The first kappa shape index (κ1) is 17.2. The van der Waals surface area contributed by atoms with Crippen molar-refractivity contribution in [3.05, 3.63) is 35.4 Å². The number of hydrogen-bond acceptors (Lipinski definition) is 4. The maximum absolute atomic E-state index is 11.5. The number of nitrogens with zero attached hydrogens (tertiary/aromatic N) is 2. The number of carbonyl (C=O) groups excluding carboxylic acids is 1. The number of benzene rings is 1. The number of esters is 1. The Labute approximate surface area is 127 Å². The molecule has 0 bridgehead atoms. The first-order chi connectivity index (χ1) is 10.1. The molecule has 114 valence electrons. The largest absolute Gasteiger partial charge is 0.469 e. The molecule has 0 aliphatic carbocycles. The molecule has 0 aromatic heterocycles. The van der Waals surface area contributed by atoms with Gasteiger partial charge in [0.05, 0.1) is 19.6 Å². The average molecular weight is 288 g/mol. The molecule has 21 heavy (non-hydrogen) atoms. The van der Waals surface area contributed by atoms with E-state index in [1.165, 1.54) is 7.11 Å². The normalized spacial score (nSPS) is 10.7. The highest BCUT2D eigenvalue weighted by Gasteiger charge is 2.12. The third kappa shape index (κ3) is 6.42. The highest BCUT2D eigenvalue weighted by atomic mass is 16.5. The van der Waals surface area contributed by atoms with E-state index >= 15 is 0 Å². The second-order valence-electron chi connectivity index (χ2n) is 5.56. The quantitative estimate of drug-likeness (QED) is 0.690. The van der Waals surface area contributed by atoms with Crippen molar-refractivity contribution in [1.82, 2.24) is 4.90 Å². The van der Waals surface area contributed by atoms with Crippen LogP contribution in [-0.4, -0.2) is 31.1 Å². The van der Waals surface area contributed by atoms with Crippen LogP contribution in [0.1, 0.15) is 31.4 Å². The van der Waals surface area contributed by atoms with Gasteiger partial charge in [-0.25, -0.2) is 0 Å². The Morgan fingerprint density at radius 2 is 2.00 bits per heavy atom. The molecule has 4 nitrogen and oxygen atoms in total. The second-order valence-corrected chi connectivity index (χ2v) is 5.56. The first-order valence-corrected chi connectivity index (χ1v) is 7.29. The molecule has 0 atom stereocenters. The predicted molar refractivity (Wildman–Crippen MR) is 82.5 cm³/mol. The Morgan fingerprint density at radius 3 is 2.57 bits per heavy atom. The zero-order valence-corrected chi connectivity index (χ0v) is 13.1. The van der Waals surface area contributed by atoms with Gasteiger partial charge >= 0.3 is 5.97 Å². The highest BCUT2D eigenvalue weighted by molar-refractivity contribution is 5.72. The van der Waals surface area contributed by atoms with Gasteiger partial charge in [-0.2, -0.15) is 5.26 Å². The van der Waals surface area contributed by atoms with Crippen LogP contribution >= 0.6 is 0 Å². The lowest BCUT2D eigenvalue weighted by Crippen LogP contribution is -2.29. The van der Waals surface area contributed by atoms with Gasteiger partial charge in [0.15, 0.2) is 0 Å². The van der Waals surface area contributed by atoms with Crippen LogP contribution in [-0.2, 0) is 22.5 Å². The summed E-state index contributed by atoms with van der Waals surface area (Å²) in [5.74, 6) is 0.311. The summed E-state index contributed by atoms with van der Waals surface area (Å²) in [6, 6.07) is 10.1. The van der Waals surface area contributed by atoms with E-state index in [0.29, 0.717) is 18.8 Å². The minimum Gasteiger partial charge on any atom is -0.469 e. The van der Waals surface area contributed by atoms with Crippen molar-refractivity contribution >= 4 is 5.97 Å². The van der Waals surface area contributed by atoms with Gasteiger partial charge in [-0.05, 0) is 17.0 Å². The summed E-state index contributed by atoms with van der Waals surface area (Å²) in [7, 11) is 1.41. The average Bonchev–Trinajstić information content (AvgIpc) is 2.46. The molecule has 0 aliphatic heterocycles. The highest BCUT2D eigenvalue weighted by Crippen LogP contribution is 2.14. The molecule has 1 rings (SSSR count). The van der Waals surface area contributed by atoms with Crippen molar-refractivity contribution in [3.8, 4) is 6.07 Å². The van der Waals surface area contributed by atoms with Crippen LogP contribution in [0.5, 0.6) is 0 Å². The standard InChI is InChI=1S/C17H24N2O2/c1-14(2)12-19(10-6-9-18)13-16-8-5-4-7-15(16)11-17(20)21-3/h4-5,7-8,14H,6,10-13H2,1-3H3. The minimum absolute atomic E-state index is 0.227. The maximum atomic E-state index is 11.5. The van der Waals surface area contributed by atoms with E-state index in [1.54, 1.807) is 0 Å². The van der Waals surface area contributed by atoms with Crippen LogP contribution in [0.3, 0.4) is 0 Å². The van der Waals surface area contributed by atoms with Gasteiger partial charge in [0.25, 0.3) is 0 Å². The monoisotopic (exact) mass is 288 g/mol. The first-order valence-electron chi connectivity index (χ1n) is 7.29. The molecule has 0 unspecified atom stereocenters. The number of ether oxygens (including phenoxy) is 1. The lowest BCUT2D eigenvalue weighted by Gasteiger charge is -2.24. The van der Waals surface area contributed by atoms with Crippen LogP contribution in [0.15, 0.2) is 24.3 Å². The number of carbonyl (C=O) groups is 1. The molecule has 0 heterocycles. The Balaban J connectivity index is 2.82. The van der Waals surface area contributed by atoms with Crippen molar-refractivity contribution in [2.24, 2.45) is 5.92 Å². The fourth-order valence-corrected chi connectivity index (χ4v) is 2.31. The van der Waals surface area contributed by atoms with Gasteiger partial charge < -0.3 is 4.74 Å². The Bertz CT molecular complexity index is 492. The summed E-state index contributed by atoms with van der Waals surface area (Å²) in [6.45, 7) is 6.78. The Morgan fingerprint density at radius 1 is 1.33 bits per heavy atom. The topological polar surface area (TPSA) is 53.3 Å². The summed E-state index contributed by atoms with van der Waals surface area (Å²) in [5, 5.41) is 8.78. The van der Waals surface area contributed by atoms with E-state index < -0.39 is 0 Å². The van der Waals surface area contributed by atoms with E-state index in [2.05, 4.69) is 24.8 Å². The molecule has 1 aromatic rings. The molecular formula is C17H24N2O2. The van der Waals surface area contributed by atoms with Crippen molar-refractivity contribution in [2.75, 3.05) is 20.2 Å². The van der Waals surface area contributed by atoms with Crippen LogP contribution in [0, 0.1) is 17.2 Å². The van der Waals surface area contributed by atoms with Gasteiger partial charge in [0, 0.05) is 26.1 Å². The fraction of sp³-hybridized carbons (Fsp3) is 0.529. The number of rotatable bonds is 8. The van der Waals surface area contributed by atoms with Crippen LogP contribution in [0.25, 0.3) is 0 Å². The molecule has 0 spiro atoms. The molecule has 0 radical (unpaired) electrons. The Hall–Kier alpha value is -1.86. The van der Waals surface area contributed by atoms with Gasteiger partial charge in [-0.15, -0.1) is 0 Å². The molecule has 1 aromatic carbocycles.